The van der Waals surface area contributed by atoms with Crippen molar-refractivity contribution in [2.24, 2.45) is 0 Å². The fraction of sp³-hybridized carbons (Fsp3) is 0.318. The summed E-state index contributed by atoms with van der Waals surface area (Å²) in [7, 11) is 0. The molecule has 3 unspecified atom stereocenters. The summed E-state index contributed by atoms with van der Waals surface area (Å²) >= 11 is 0. The monoisotopic (exact) mass is 410 g/mol. The van der Waals surface area contributed by atoms with E-state index in [-0.39, 0.29) is 12.6 Å². The number of rotatable bonds is 6. The summed E-state index contributed by atoms with van der Waals surface area (Å²) < 4.78 is 0. The fourth-order valence-corrected chi connectivity index (χ4v) is 3.69. The number of benzene rings is 2. The standard InChI is InChI=1S/C22H25N3O5/c1-14(26)16-8-5-9-17(12-16)24-22(30)23-13-20(27)25-18(10-11-19(25)21(28)29)15-6-3-2-4-7-15/h2-9,12,14,18-19,26H,10-11,13H2,1H3,(H,28,29)(H2,23,24,30)/p-1. The molecule has 0 aromatic heterocycles. The molecule has 3 rings (SSSR count). The lowest BCUT2D eigenvalue weighted by Gasteiger charge is -2.31. The van der Waals surface area contributed by atoms with Crippen LogP contribution in [0.15, 0.2) is 54.6 Å². The predicted molar refractivity (Wildman–Crippen MR) is 108 cm³/mol. The van der Waals surface area contributed by atoms with Gasteiger partial charge in [0.25, 0.3) is 0 Å². The first-order chi connectivity index (χ1) is 14.4. The van der Waals surface area contributed by atoms with Gasteiger partial charge < -0.3 is 30.5 Å². The van der Waals surface area contributed by atoms with E-state index in [1.807, 2.05) is 30.3 Å². The van der Waals surface area contributed by atoms with Crippen molar-refractivity contribution in [3.05, 3.63) is 65.7 Å². The molecule has 1 saturated heterocycles. The Balaban J connectivity index is 1.65. The molecule has 1 aliphatic heterocycles. The molecule has 0 aliphatic carbocycles. The Morgan fingerprint density at radius 3 is 2.53 bits per heavy atom. The van der Waals surface area contributed by atoms with Crippen LogP contribution in [-0.4, -0.2) is 40.5 Å². The largest absolute Gasteiger partial charge is 0.548 e. The smallest absolute Gasteiger partial charge is 0.319 e. The second-order valence-electron chi connectivity index (χ2n) is 7.25. The van der Waals surface area contributed by atoms with Crippen LogP contribution in [0.5, 0.6) is 0 Å². The molecule has 3 N–H and O–H groups in total. The number of amides is 3. The first-order valence-corrected chi connectivity index (χ1v) is 9.76. The fourth-order valence-electron chi connectivity index (χ4n) is 3.69. The van der Waals surface area contributed by atoms with Crippen LogP contribution in [0, 0.1) is 0 Å². The first-order valence-electron chi connectivity index (χ1n) is 9.76. The lowest BCUT2D eigenvalue weighted by atomic mass is 10.0. The highest BCUT2D eigenvalue weighted by atomic mass is 16.4. The number of nitrogens with one attached hydrogen (secondary N) is 2. The normalized spacial score (nSPS) is 19.2. The molecule has 2 aromatic carbocycles. The number of likely N-dealkylation sites (tertiary alicyclic amines) is 1. The predicted octanol–water partition coefficient (Wildman–Crippen LogP) is 1.34. The highest BCUT2D eigenvalue weighted by molar-refractivity contribution is 5.93. The maximum atomic E-state index is 12.8. The third-order valence-corrected chi connectivity index (χ3v) is 5.16. The van der Waals surface area contributed by atoms with Gasteiger partial charge in [0.1, 0.15) is 0 Å². The quantitative estimate of drug-likeness (QED) is 0.664. The molecule has 2 aromatic rings. The maximum absolute atomic E-state index is 12.8. The molecule has 8 nitrogen and oxygen atoms in total. The van der Waals surface area contributed by atoms with Crippen LogP contribution in [-0.2, 0) is 9.59 Å². The minimum atomic E-state index is -1.30. The van der Waals surface area contributed by atoms with Crippen LogP contribution in [0.2, 0.25) is 0 Å². The Bertz CT molecular complexity index is 916. The second kappa shape index (κ2) is 9.41. The van der Waals surface area contributed by atoms with Crippen molar-refractivity contribution in [3.8, 4) is 0 Å². The van der Waals surface area contributed by atoms with Gasteiger partial charge in [-0.2, -0.15) is 0 Å². The van der Waals surface area contributed by atoms with Crippen molar-refractivity contribution in [1.29, 1.82) is 0 Å². The van der Waals surface area contributed by atoms with Crippen LogP contribution < -0.4 is 15.7 Å². The number of carboxylic acid groups (broad SMARTS) is 1. The molecule has 1 aliphatic rings. The number of aliphatic hydroxyl groups is 1. The minimum absolute atomic E-state index is 0.298. The highest BCUT2D eigenvalue weighted by Gasteiger charge is 2.38. The maximum Gasteiger partial charge on any atom is 0.319 e. The van der Waals surface area contributed by atoms with Gasteiger partial charge in [-0.15, -0.1) is 0 Å². The Morgan fingerprint density at radius 2 is 1.87 bits per heavy atom. The number of anilines is 1. The van der Waals surface area contributed by atoms with Crippen molar-refractivity contribution >= 4 is 23.6 Å². The molecule has 1 heterocycles. The Morgan fingerprint density at radius 1 is 1.13 bits per heavy atom. The van der Waals surface area contributed by atoms with Gasteiger partial charge in [-0.25, -0.2) is 4.79 Å². The molecule has 30 heavy (non-hydrogen) atoms. The summed E-state index contributed by atoms with van der Waals surface area (Å²) in [6.45, 7) is 1.26. The number of hydrogen-bond donors (Lipinski definition) is 3. The average Bonchev–Trinajstić information content (AvgIpc) is 3.18. The van der Waals surface area contributed by atoms with E-state index in [0.29, 0.717) is 24.1 Å². The number of hydrogen-bond acceptors (Lipinski definition) is 5. The molecule has 0 bridgehead atoms. The molecular formula is C22H24N3O5-. The number of carbonyl (C=O) groups is 3. The van der Waals surface area contributed by atoms with E-state index >= 15 is 0 Å². The average molecular weight is 410 g/mol. The zero-order valence-corrected chi connectivity index (χ0v) is 16.6. The van der Waals surface area contributed by atoms with Gasteiger partial charge >= 0.3 is 6.03 Å². The van der Waals surface area contributed by atoms with Crippen molar-refractivity contribution < 1.29 is 24.6 Å². The van der Waals surface area contributed by atoms with Crippen LogP contribution >= 0.6 is 0 Å². The van der Waals surface area contributed by atoms with E-state index in [1.54, 1.807) is 31.2 Å². The highest BCUT2D eigenvalue weighted by Crippen LogP contribution is 2.35. The number of carbonyl (C=O) groups excluding carboxylic acids is 3. The summed E-state index contributed by atoms with van der Waals surface area (Å²) in [6, 6.07) is 13.9. The van der Waals surface area contributed by atoms with Crippen molar-refractivity contribution in [1.82, 2.24) is 10.2 Å². The number of aliphatic carboxylic acids is 1. The Hall–Kier alpha value is -3.39. The number of urea groups is 1. The number of nitrogens with zero attached hydrogens (tertiary/aromatic N) is 1. The topological polar surface area (TPSA) is 122 Å². The Kier molecular flexibility index (Phi) is 6.68. The minimum Gasteiger partial charge on any atom is -0.548 e. The third kappa shape index (κ3) is 4.96. The van der Waals surface area contributed by atoms with Gasteiger partial charge in [-0.1, -0.05) is 42.5 Å². The van der Waals surface area contributed by atoms with Crippen LogP contribution in [0.25, 0.3) is 0 Å². The first kappa shape index (κ1) is 21.3. The molecule has 0 spiro atoms. The molecule has 158 valence electrons. The van der Waals surface area contributed by atoms with Crippen molar-refractivity contribution in [2.75, 3.05) is 11.9 Å². The number of carboxylic acids is 1. The lowest BCUT2D eigenvalue weighted by Crippen LogP contribution is -2.50. The summed E-state index contributed by atoms with van der Waals surface area (Å²) in [5.74, 6) is -1.80. The van der Waals surface area contributed by atoms with E-state index in [9.17, 15) is 24.6 Å². The van der Waals surface area contributed by atoms with Gasteiger partial charge in [0.05, 0.1) is 30.7 Å². The van der Waals surface area contributed by atoms with Crippen molar-refractivity contribution in [3.63, 3.8) is 0 Å². The molecule has 8 heteroatoms. The SMILES string of the molecule is CC(O)c1cccc(NC(=O)NCC(=O)N2C(C(=O)[O-])CCC2c2ccccc2)c1. The second-order valence-corrected chi connectivity index (χ2v) is 7.25. The third-order valence-electron chi connectivity index (χ3n) is 5.16. The van der Waals surface area contributed by atoms with Crippen LogP contribution in [0.3, 0.4) is 0 Å². The zero-order valence-electron chi connectivity index (χ0n) is 16.6. The molecule has 1 fully saturated rings. The van der Waals surface area contributed by atoms with Gasteiger partial charge in [0, 0.05) is 5.69 Å². The van der Waals surface area contributed by atoms with Gasteiger partial charge in [-0.05, 0) is 43.0 Å². The van der Waals surface area contributed by atoms with Crippen molar-refractivity contribution in [2.45, 2.75) is 38.0 Å². The van der Waals surface area contributed by atoms with Crippen LogP contribution in [0.4, 0.5) is 10.5 Å². The summed E-state index contributed by atoms with van der Waals surface area (Å²) in [5, 5.41) is 26.2. The van der Waals surface area contributed by atoms with Crippen LogP contribution in [0.1, 0.15) is 43.0 Å². The molecule has 3 amide bonds. The molecular weight excluding hydrogens is 386 g/mol. The zero-order chi connectivity index (χ0) is 21.7. The van der Waals surface area contributed by atoms with E-state index in [1.165, 1.54) is 4.90 Å². The molecule has 3 atom stereocenters. The van der Waals surface area contributed by atoms with E-state index in [0.717, 1.165) is 5.56 Å². The van der Waals surface area contributed by atoms with E-state index in [2.05, 4.69) is 10.6 Å². The van der Waals surface area contributed by atoms with E-state index < -0.39 is 30.1 Å². The van der Waals surface area contributed by atoms with Gasteiger partial charge in [-0.3, -0.25) is 4.79 Å². The summed E-state index contributed by atoms with van der Waals surface area (Å²) in [4.78, 5) is 37.8. The lowest BCUT2D eigenvalue weighted by molar-refractivity contribution is -0.310. The van der Waals surface area contributed by atoms with Gasteiger partial charge in [0.2, 0.25) is 5.91 Å². The number of aliphatic hydroxyl groups excluding tert-OH is 1. The summed E-state index contributed by atoms with van der Waals surface area (Å²) in [6.07, 6.45) is 0.127. The summed E-state index contributed by atoms with van der Waals surface area (Å²) in [5.41, 5.74) is 1.95. The Labute approximate surface area is 174 Å². The van der Waals surface area contributed by atoms with E-state index in [4.69, 9.17) is 0 Å². The molecule has 0 saturated carbocycles. The molecule has 0 radical (unpaired) electrons. The van der Waals surface area contributed by atoms with Gasteiger partial charge in [0.15, 0.2) is 0 Å².